The third-order valence-corrected chi connectivity index (χ3v) is 4.11. The molecule has 0 spiro atoms. The Bertz CT molecular complexity index is 355. The van der Waals surface area contributed by atoms with E-state index in [4.69, 9.17) is 4.74 Å². The van der Waals surface area contributed by atoms with Gasteiger partial charge in [0, 0.05) is 0 Å². The van der Waals surface area contributed by atoms with Gasteiger partial charge in [-0.1, -0.05) is 50.0 Å². The molecule has 0 bridgehead atoms. The summed E-state index contributed by atoms with van der Waals surface area (Å²) in [7, 11) is 0. The highest BCUT2D eigenvalue weighted by atomic mass is 32.2. The molecule has 22 heavy (non-hydrogen) atoms. The Morgan fingerprint density at radius 2 is 1.68 bits per heavy atom. The minimum Gasteiger partial charge on any atom is -0.750 e. The summed E-state index contributed by atoms with van der Waals surface area (Å²) in [5, 5.41) is 0. The Kier molecular flexibility index (Phi) is 11.6. The molecule has 128 valence electrons. The molecule has 1 saturated heterocycles. The van der Waals surface area contributed by atoms with Crippen molar-refractivity contribution in [1.82, 2.24) is 0 Å². The van der Waals surface area contributed by atoms with Crippen LogP contribution in [0.1, 0.15) is 64.7 Å². The lowest BCUT2D eigenvalue weighted by atomic mass is 10.1. The topological polar surface area (TPSA) is 61.9 Å². The van der Waals surface area contributed by atoms with Crippen molar-refractivity contribution in [3.63, 3.8) is 0 Å². The summed E-state index contributed by atoms with van der Waals surface area (Å²) in [4.78, 5) is 0. The lowest BCUT2D eigenvalue weighted by Gasteiger charge is -2.05. The number of ether oxygens (including phenoxy) is 1. The zero-order valence-corrected chi connectivity index (χ0v) is 14.4. The number of epoxide rings is 1. The summed E-state index contributed by atoms with van der Waals surface area (Å²) in [5.74, 6) is 0. The molecule has 0 radical (unpaired) electrons. The zero-order chi connectivity index (χ0) is 16.0. The highest BCUT2D eigenvalue weighted by Gasteiger charge is 2.32. The Morgan fingerprint density at radius 1 is 1.05 bits per heavy atom. The van der Waals surface area contributed by atoms with Crippen LogP contribution in [0.4, 0.5) is 0 Å². The van der Waals surface area contributed by atoms with Crippen LogP contribution in [-0.4, -0.2) is 27.6 Å². The third kappa shape index (κ3) is 12.1. The first-order valence-corrected chi connectivity index (χ1v) is 9.38. The molecule has 1 heterocycles. The van der Waals surface area contributed by atoms with Crippen molar-refractivity contribution in [3.8, 4) is 0 Å². The van der Waals surface area contributed by atoms with Crippen LogP contribution < -0.4 is 0 Å². The van der Waals surface area contributed by atoms with Crippen molar-refractivity contribution in [2.75, 3.05) is 6.61 Å². The van der Waals surface area contributed by atoms with E-state index in [0.29, 0.717) is 18.8 Å². The molecule has 0 aliphatic carbocycles. The van der Waals surface area contributed by atoms with Gasteiger partial charge in [0.25, 0.3) is 0 Å². The molecule has 5 heteroatoms. The molecule has 3 atom stereocenters. The Labute approximate surface area is 137 Å². The molecule has 0 saturated carbocycles. The van der Waals surface area contributed by atoms with Crippen molar-refractivity contribution in [1.29, 1.82) is 0 Å². The van der Waals surface area contributed by atoms with Crippen molar-refractivity contribution < 1.29 is 17.7 Å². The fourth-order valence-corrected chi connectivity index (χ4v) is 2.55. The first kappa shape index (κ1) is 19.6. The van der Waals surface area contributed by atoms with Gasteiger partial charge >= 0.3 is 0 Å². The van der Waals surface area contributed by atoms with Gasteiger partial charge in [-0.3, -0.25) is 0 Å². The van der Waals surface area contributed by atoms with Crippen molar-refractivity contribution in [2.45, 2.75) is 76.9 Å². The third-order valence-electron chi connectivity index (χ3n) is 3.75. The van der Waals surface area contributed by atoms with E-state index in [0.717, 1.165) is 38.5 Å². The van der Waals surface area contributed by atoms with Crippen LogP contribution in [0.15, 0.2) is 24.3 Å². The van der Waals surface area contributed by atoms with Gasteiger partial charge in [0.1, 0.15) is 0 Å². The maximum Gasteiger partial charge on any atom is 0.0873 e. The quantitative estimate of drug-likeness (QED) is 0.207. The van der Waals surface area contributed by atoms with E-state index in [2.05, 4.69) is 35.4 Å². The summed E-state index contributed by atoms with van der Waals surface area (Å²) in [6.07, 6.45) is 19.8. The van der Waals surface area contributed by atoms with Gasteiger partial charge in [-0.2, -0.15) is 0 Å². The van der Waals surface area contributed by atoms with Crippen molar-refractivity contribution in [3.05, 3.63) is 24.3 Å². The molecule has 0 aromatic carbocycles. The summed E-state index contributed by atoms with van der Waals surface area (Å²) in [6, 6.07) is 0. The lowest BCUT2D eigenvalue weighted by molar-refractivity contribution is 0.290. The normalized spacial score (nSPS) is 22.6. The Hall–Kier alpha value is -0.490. The highest BCUT2D eigenvalue weighted by molar-refractivity contribution is 7.74. The molecule has 0 aromatic heterocycles. The van der Waals surface area contributed by atoms with Gasteiger partial charge in [0.05, 0.1) is 30.2 Å². The van der Waals surface area contributed by atoms with Crippen molar-refractivity contribution >= 4 is 11.4 Å². The largest absolute Gasteiger partial charge is 0.750 e. The van der Waals surface area contributed by atoms with Crippen molar-refractivity contribution in [2.24, 2.45) is 0 Å². The maximum atomic E-state index is 10.1. The second-order valence-corrected chi connectivity index (χ2v) is 6.37. The van der Waals surface area contributed by atoms with Gasteiger partial charge in [-0.05, 0) is 39.0 Å². The molecule has 1 rings (SSSR count). The Balaban J connectivity index is 1.75. The molecule has 1 fully saturated rings. The first-order valence-electron chi connectivity index (χ1n) is 8.38. The lowest BCUT2D eigenvalue weighted by Crippen LogP contribution is -1.97. The zero-order valence-electron chi connectivity index (χ0n) is 13.6. The van der Waals surface area contributed by atoms with Gasteiger partial charge in [-0.15, -0.1) is 0 Å². The molecule has 0 N–H and O–H groups in total. The number of hydrogen-bond acceptors (Lipinski definition) is 4. The monoisotopic (exact) mass is 329 g/mol. The van der Waals surface area contributed by atoms with E-state index in [1.807, 2.05) is 0 Å². The van der Waals surface area contributed by atoms with E-state index in [-0.39, 0.29) is 0 Å². The molecular formula is C17H29O4S-. The summed E-state index contributed by atoms with van der Waals surface area (Å²) >= 11 is -2.35. The van der Waals surface area contributed by atoms with E-state index < -0.39 is 11.4 Å². The second kappa shape index (κ2) is 13.0. The number of unbranched alkanes of at least 4 members (excludes halogenated alkanes) is 6. The van der Waals surface area contributed by atoms with E-state index in [9.17, 15) is 8.76 Å². The van der Waals surface area contributed by atoms with E-state index >= 15 is 0 Å². The van der Waals surface area contributed by atoms with Crippen LogP contribution in [-0.2, 0) is 20.3 Å². The molecule has 3 unspecified atom stereocenters. The number of rotatable bonds is 14. The smallest absolute Gasteiger partial charge is 0.0873 e. The fraction of sp³-hybridized carbons (Fsp3) is 0.765. The van der Waals surface area contributed by atoms with E-state index in [1.54, 1.807) is 0 Å². The average molecular weight is 329 g/mol. The van der Waals surface area contributed by atoms with Gasteiger partial charge in [-0.25, -0.2) is 4.21 Å². The molecule has 0 aromatic rings. The molecular weight excluding hydrogens is 300 g/mol. The summed E-state index contributed by atoms with van der Waals surface area (Å²) < 4.78 is 30.0. The highest BCUT2D eigenvalue weighted by Crippen LogP contribution is 2.24. The SMILES string of the molecule is CC1OC1CC=CCC=CCCCCCCCCOS(=O)[O-]. The summed E-state index contributed by atoms with van der Waals surface area (Å²) in [5.41, 5.74) is 0. The minimum absolute atomic E-state index is 0.318. The predicted molar refractivity (Wildman–Crippen MR) is 89.0 cm³/mol. The van der Waals surface area contributed by atoms with Crippen LogP contribution in [0.5, 0.6) is 0 Å². The maximum absolute atomic E-state index is 10.1. The predicted octanol–water partition coefficient (Wildman–Crippen LogP) is 4.21. The van der Waals surface area contributed by atoms with Crippen LogP contribution >= 0.6 is 0 Å². The van der Waals surface area contributed by atoms with Gasteiger partial charge < -0.3 is 13.5 Å². The standard InChI is InChI=1S/C17H30O4S/c1-16-17(21-16)14-12-10-8-6-4-2-3-5-7-9-11-13-15-20-22(18)19/h4,6,10,12,16-17H,2-3,5,7-9,11,13-15H2,1H3,(H,18,19)/p-1. The molecule has 1 aliphatic rings. The Morgan fingerprint density at radius 3 is 2.36 bits per heavy atom. The molecule has 1 aliphatic heterocycles. The second-order valence-electron chi connectivity index (χ2n) is 5.73. The molecule has 0 amide bonds. The van der Waals surface area contributed by atoms with E-state index in [1.165, 1.54) is 19.3 Å². The minimum atomic E-state index is -2.35. The van der Waals surface area contributed by atoms with Crippen LogP contribution in [0.3, 0.4) is 0 Å². The van der Waals surface area contributed by atoms with Gasteiger partial charge in [0.2, 0.25) is 0 Å². The average Bonchev–Trinajstić information content (AvgIpc) is 3.18. The van der Waals surface area contributed by atoms with Crippen LogP contribution in [0.25, 0.3) is 0 Å². The first-order chi connectivity index (χ1) is 10.7. The molecule has 4 nitrogen and oxygen atoms in total. The van der Waals surface area contributed by atoms with Crippen LogP contribution in [0.2, 0.25) is 0 Å². The number of allylic oxidation sites excluding steroid dienone is 3. The van der Waals surface area contributed by atoms with Crippen LogP contribution in [0, 0.1) is 0 Å². The number of hydrogen-bond donors (Lipinski definition) is 0. The van der Waals surface area contributed by atoms with Gasteiger partial charge in [0.15, 0.2) is 0 Å². The summed E-state index contributed by atoms with van der Waals surface area (Å²) in [6.45, 7) is 2.43. The fourth-order valence-electron chi connectivity index (χ4n) is 2.30.